The lowest BCUT2D eigenvalue weighted by atomic mass is 10.0. The van der Waals surface area contributed by atoms with Crippen LogP contribution < -0.4 is 9.47 Å². The molecule has 5 rings (SSSR count). The van der Waals surface area contributed by atoms with Crippen molar-refractivity contribution >= 4 is 0 Å². The number of aromatic amines is 1. The summed E-state index contributed by atoms with van der Waals surface area (Å²) in [6.45, 7) is 1.21. The number of nitrogens with one attached hydrogen (secondary N) is 1. The van der Waals surface area contributed by atoms with E-state index < -0.39 is 0 Å². The van der Waals surface area contributed by atoms with Crippen molar-refractivity contribution in [3.05, 3.63) is 53.7 Å². The molecule has 0 unspecified atom stereocenters. The van der Waals surface area contributed by atoms with Gasteiger partial charge in [0.05, 0.1) is 5.69 Å². The minimum Gasteiger partial charge on any atom is -0.486 e. The van der Waals surface area contributed by atoms with Crippen LogP contribution in [0.5, 0.6) is 11.5 Å². The molecule has 4 nitrogen and oxygen atoms in total. The molecule has 0 saturated heterocycles. The molecule has 24 heavy (non-hydrogen) atoms. The Morgan fingerprint density at radius 3 is 2.75 bits per heavy atom. The number of fused-ring (bicyclic) bond motifs is 4. The van der Waals surface area contributed by atoms with Gasteiger partial charge in [-0.25, -0.2) is 4.98 Å². The van der Waals surface area contributed by atoms with Crippen LogP contribution in [0.1, 0.15) is 17.7 Å². The molecule has 1 N–H and O–H groups in total. The van der Waals surface area contributed by atoms with Gasteiger partial charge in [-0.1, -0.05) is 24.3 Å². The number of imidazole rings is 1. The van der Waals surface area contributed by atoms with Crippen LogP contribution in [0.4, 0.5) is 0 Å². The molecule has 0 fully saturated rings. The predicted octanol–water partition coefficient (Wildman–Crippen LogP) is 4.00. The summed E-state index contributed by atoms with van der Waals surface area (Å²) in [4.78, 5) is 8.45. The van der Waals surface area contributed by atoms with Crippen molar-refractivity contribution in [2.45, 2.75) is 19.3 Å². The lowest BCUT2D eigenvalue weighted by molar-refractivity contribution is 0.171. The third-order valence-corrected chi connectivity index (χ3v) is 4.74. The average molecular weight is 318 g/mol. The monoisotopic (exact) mass is 318 g/mol. The Morgan fingerprint density at radius 1 is 0.917 bits per heavy atom. The highest BCUT2D eigenvalue weighted by molar-refractivity contribution is 5.71. The van der Waals surface area contributed by atoms with Crippen LogP contribution in [0.3, 0.4) is 0 Å². The molecule has 0 atom stereocenters. The van der Waals surface area contributed by atoms with E-state index in [0.29, 0.717) is 13.2 Å². The van der Waals surface area contributed by atoms with Crippen LogP contribution in [-0.4, -0.2) is 23.2 Å². The lowest BCUT2D eigenvalue weighted by Gasteiger charge is -2.18. The Morgan fingerprint density at radius 2 is 1.79 bits per heavy atom. The number of aryl methyl sites for hydroxylation is 2. The fraction of sp³-hybridized carbons (Fsp3) is 0.250. The highest BCUT2D eigenvalue weighted by Crippen LogP contribution is 2.36. The summed E-state index contributed by atoms with van der Waals surface area (Å²) >= 11 is 0. The molecule has 120 valence electrons. The third-order valence-electron chi connectivity index (χ3n) is 4.74. The number of benzene rings is 2. The molecule has 3 aromatic rings. The van der Waals surface area contributed by atoms with E-state index in [-0.39, 0.29) is 0 Å². The number of aromatic nitrogens is 2. The van der Waals surface area contributed by atoms with E-state index in [0.717, 1.165) is 47.8 Å². The number of H-pyrrole nitrogens is 1. The van der Waals surface area contributed by atoms with E-state index in [1.54, 1.807) is 0 Å². The molecule has 0 saturated carbocycles. The summed E-state index contributed by atoms with van der Waals surface area (Å²) in [6, 6.07) is 14.6. The van der Waals surface area contributed by atoms with Gasteiger partial charge in [0.1, 0.15) is 19.0 Å². The van der Waals surface area contributed by atoms with Gasteiger partial charge in [0.25, 0.3) is 0 Å². The summed E-state index contributed by atoms with van der Waals surface area (Å²) < 4.78 is 11.3. The molecule has 0 spiro atoms. The van der Waals surface area contributed by atoms with Crippen LogP contribution >= 0.6 is 0 Å². The first-order valence-corrected chi connectivity index (χ1v) is 8.46. The van der Waals surface area contributed by atoms with Crippen LogP contribution in [0, 0.1) is 0 Å². The summed E-state index contributed by atoms with van der Waals surface area (Å²) in [7, 11) is 0. The van der Waals surface area contributed by atoms with Crippen LogP contribution in [0.2, 0.25) is 0 Å². The van der Waals surface area contributed by atoms with E-state index in [1.165, 1.54) is 16.8 Å². The van der Waals surface area contributed by atoms with Crippen molar-refractivity contribution in [1.29, 1.82) is 0 Å². The second kappa shape index (κ2) is 5.41. The summed E-state index contributed by atoms with van der Waals surface area (Å²) in [6.07, 6.45) is 3.29. The zero-order valence-corrected chi connectivity index (χ0v) is 13.3. The lowest BCUT2D eigenvalue weighted by Crippen LogP contribution is -2.15. The minimum atomic E-state index is 0.596. The quantitative estimate of drug-likeness (QED) is 0.737. The predicted molar refractivity (Wildman–Crippen MR) is 92.5 cm³/mol. The molecule has 4 heteroatoms. The number of rotatable bonds is 1. The Labute approximate surface area is 140 Å². The van der Waals surface area contributed by atoms with Crippen molar-refractivity contribution in [2.24, 2.45) is 0 Å². The van der Waals surface area contributed by atoms with Gasteiger partial charge in [-0.2, -0.15) is 0 Å². The fourth-order valence-electron chi connectivity index (χ4n) is 3.57. The first kappa shape index (κ1) is 13.7. The van der Waals surface area contributed by atoms with E-state index in [2.05, 4.69) is 29.2 Å². The molecule has 1 aliphatic carbocycles. The SMILES string of the molecule is c1ccc2c(c1)CCCc1[nH]c(-c3ccc4c(c3)OCCO4)nc1-2. The maximum atomic E-state index is 5.70. The normalized spacial score (nSPS) is 15.3. The van der Waals surface area contributed by atoms with E-state index in [1.807, 2.05) is 18.2 Å². The molecular weight excluding hydrogens is 300 g/mol. The van der Waals surface area contributed by atoms with Crippen molar-refractivity contribution in [1.82, 2.24) is 9.97 Å². The third kappa shape index (κ3) is 2.18. The molecule has 1 aromatic heterocycles. The summed E-state index contributed by atoms with van der Waals surface area (Å²) in [5.74, 6) is 2.50. The first-order valence-electron chi connectivity index (χ1n) is 8.46. The minimum absolute atomic E-state index is 0.596. The Kier molecular flexibility index (Phi) is 3.08. The first-order chi connectivity index (χ1) is 11.9. The molecule has 0 radical (unpaired) electrons. The number of ether oxygens (including phenoxy) is 2. The van der Waals surface area contributed by atoms with Gasteiger partial charge in [0.2, 0.25) is 0 Å². The van der Waals surface area contributed by atoms with Crippen LogP contribution in [0.15, 0.2) is 42.5 Å². The number of nitrogens with zero attached hydrogens (tertiary/aromatic N) is 1. The maximum absolute atomic E-state index is 5.70. The van der Waals surface area contributed by atoms with E-state index >= 15 is 0 Å². The number of hydrogen-bond acceptors (Lipinski definition) is 3. The standard InChI is InChI=1S/C20H18N2O2/c1-2-6-15-13(4-1)5-3-7-16-19(15)22-20(21-16)14-8-9-17-18(12-14)24-11-10-23-17/h1-2,4,6,8-9,12H,3,5,7,10-11H2,(H,21,22). The average Bonchev–Trinajstić information content (AvgIpc) is 2.98. The van der Waals surface area contributed by atoms with E-state index in [4.69, 9.17) is 14.5 Å². The van der Waals surface area contributed by atoms with Crippen molar-refractivity contribution in [2.75, 3.05) is 13.2 Å². The van der Waals surface area contributed by atoms with Gasteiger partial charge in [-0.15, -0.1) is 0 Å². The molecule has 2 aromatic carbocycles. The smallest absolute Gasteiger partial charge is 0.162 e. The van der Waals surface area contributed by atoms with Crippen LogP contribution in [-0.2, 0) is 12.8 Å². The molecule has 1 aliphatic heterocycles. The fourth-order valence-corrected chi connectivity index (χ4v) is 3.57. The van der Waals surface area contributed by atoms with Gasteiger partial charge in [0, 0.05) is 16.8 Å². The zero-order chi connectivity index (χ0) is 15.9. The number of hydrogen-bond donors (Lipinski definition) is 1. The highest BCUT2D eigenvalue weighted by Gasteiger charge is 2.20. The Bertz CT molecular complexity index is 914. The van der Waals surface area contributed by atoms with Gasteiger partial charge in [0.15, 0.2) is 11.5 Å². The van der Waals surface area contributed by atoms with Gasteiger partial charge >= 0.3 is 0 Å². The van der Waals surface area contributed by atoms with E-state index in [9.17, 15) is 0 Å². The molecule has 2 aliphatic rings. The molecule has 0 bridgehead atoms. The van der Waals surface area contributed by atoms with Crippen molar-refractivity contribution < 1.29 is 9.47 Å². The van der Waals surface area contributed by atoms with Gasteiger partial charge in [-0.3, -0.25) is 0 Å². The Balaban J connectivity index is 1.61. The summed E-state index contributed by atoms with van der Waals surface area (Å²) in [5.41, 5.74) is 5.99. The zero-order valence-electron chi connectivity index (χ0n) is 13.3. The van der Waals surface area contributed by atoms with Gasteiger partial charge < -0.3 is 14.5 Å². The Hall–Kier alpha value is -2.75. The highest BCUT2D eigenvalue weighted by atomic mass is 16.6. The van der Waals surface area contributed by atoms with Crippen LogP contribution in [0.25, 0.3) is 22.6 Å². The topological polar surface area (TPSA) is 47.1 Å². The second-order valence-electron chi connectivity index (χ2n) is 6.28. The van der Waals surface area contributed by atoms with Crippen molar-refractivity contribution in [3.63, 3.8) is 0 Å². The van der Waals surface area contributed by atoms with Gasteiger partial charge in [-0.05, 0) is 43.0 Å². The molecule has 0 amide bonds. The summed E-state index contributed by atoms with van der Waals surface area (Å²) in [5, 5.41) is 0. The second-order valence-corrected chi connectivity index (χ2v) is 6.28. The van der Waals surface area contributed by atoms with Crippen molar-refractivity contribution in [3.8, 4) is 34.1 Å². The molecular formula is C20H18N2O2. The maximum Gasteiger partial charge on any atom is 0.162 e. The molecule has 2 heterocycles. The largest absolute Gasteiger partial charge is 0.486 e.